The number of hydrogen-bond acceptors (Lipinski definition) is 3. The zero-order valence-electron chi connectivity index (χ0n) is 7.33. The van der Waals surface area contributed by atoms with E-state index < -0.39 is 41.4 Å². The van der Waals surface area contributed by atoms with Crippen molar-refractivity contribution in [2.75, 3.05) is 0 Å². The maximum Gasteiger partial charge on any atom is 0.308 e. The normalized spacial score (nSPS) is 10.6. The van der Waals surface area contributed by atoms with Crippen molar-refractivity contribution < 1.29 is 23.8 Å². The molecule has 0 aliphatic rings. The number of nitrogens with one attached hydrogen (secondary N) is 1. The quantitative estimate of drug-likeness (QED) is 0.695. The Hall–Kier alpha value is -1.92. The number of pyridine rings is 1. The molecule has 1 aromatic rings. The molecule has 3 N–H and O–H groups in total. The third kappa shape index (κ3) is 2.52. The molecule has 82 valence electrons. The zero-order valence-corrected chi connectivity index (χ0v) is 7.33. The summed E-state index contributed by atoms with van der Waals surface area (Å²) in [5.74, 6) is -2.12. The molecule has 0 saturated carbocycles. The van der Waals surface area contributed by atoms with Crippen molar-refractivity contribution in [3.05, 3.63) is 27.7 Å². The SMILES string of the molecule is O=C(O)Cc1c(O)cc(=O)[nH]c1C(F)F. The molecule has 1 rings (SSSR count). The van der Waals surface area contributed by atoms with E-state index in [2.05, 4.69) is 0 Å². The number of carboxylic acids is 1. The van der Waals surface area contributed by atoms with E-state index in [1.54, 1.807) is 4.98 Å². The zero-order chi connectivity index (χ0) is 11.6. The second-order valence-corrected chi connectivity index (χ2v) is 2.78. The molecule has 0 radical (unpaired) electrons. The lowest BCUT2D eigenvalue weighted by molar-refractivity contribution is -0.136. The molecular weight excluding hydrogens is 212 g/mol. The van der Waals surface area contributed by atoms with E-state index in [0.29, 0.717) is 6.07 Å². The summed E-state index contributed by atoms with van der Waals surface area (Å²) in [6.45, 7) is 0. The van der Waals surface area contributed by atoms with Crippen LogP contribution < -0.4 is 5.56 Å². The van der Waals surface area contributed by atoms with Gasteiger partial charge in [-0.15, -0.1) is 0 Å². The lowest BCUT2D eigenvalue weighted by Gasteiger charge is -2.07. The van der Waals surface area contributed by atoms with Crippen molar-refractivity contribution in [2.45, 2.75) is 12.8 Å². The van der Waals surface area contributed by atoms with Gasteiger partial charge < -0.3 is 15.2 Å². The number of halogens is 2. The molecule has 0 saturated heterocycles. The van der Waals surface area contributed by atoms with Crippen molar-refractivity contribution >= 4 is 5.97 Å². The molecule has 5 nitrogen and oxygen atoms in total. The maximum atomic E-state index is 12.4. The van der Waals surface area contributed by atoms with Gasteiger partial charge >= 0.3 is 5.97 Å². The minimum Gasteiger partial charge on any atom is -0.507 e. The van der Waals surface area contributed by atoms with Gasteiger partial charge in [-0.05, 0) is 0 Å². The number of carboxylic acid groups (broad SMARTS) is 1. The predicted octanol–water partition coefficient (Wildman–Crippen LogP) is 0.645. The van der Waals surface area contributed by atoms with Gasteiger partial charge in [-0.1, -0.05) is 0 Å². The molecule has 0 amide bonds. The highest BCUT2D eigenvalue weighted by molar-refractivity contribution is 5.71. The first-order chi connectivity index (χ1) is 6.91. The molecule has 7 heteroatoms. The number of hydrogen-bond donors (Lipinski definition) is 3. The van der Waals surface area contributed by atoms with Crippen molar-refractivity contribution in [3.8, 4) is 5.75 Å². The van der Waals surface area contributed by atoms with Crippen LogP contribution in [0.5, 0.6) is 5.75 Å². The molecule has 0 fully saturated rings. The van der Waals surface area contributed by atoms with Gasteiger partial charge in [0.05, 0.1) is 12.1 Å². The maximum absolute atomic E-state index is 12.4. The van der Waals surface area contributed by atoms with E-state index in [9.17, 15) is 18.4 Å². The predicted molar refractivity (Wildman–Crippen MR) is 45.0 cm³/mol. The van der Waals surface area contributed by atoms with E-state index >= 15 is 0 Å². The van der Waals surface area contributed by atoms with Crippen LogP contribution in [-0.2, 0) is 11.2 Å². The highest BCUT2D eigenvalue weighted by atomic mass is 19.3. The molecule has 15 heavy (non-hydrogen) atoms. The Morgan fingerprint density at radius 1 is 1.53 bits per heavy atom. The Labute approximate surface area is 82.0 Å². The van der Waals surface area contributed by atoms with Gasteiger partial charge in [0.15, 0.2) is 0 Å². The summed E-state index contributed by atoms with van der Waals surface area (Å²) in [7, 11) is 0. The van der Waals surface area contributed by atoms with Gasteiger partial charge in [-0.2, -0.15) is 0 Å². The fourth-order valence-electron chi connectivity index (χ4n) is 1.12. The number of aromatic hydroxyl groups is 1. The summed E-state index contributed by atoms with van der Waals surface area (Å²) in [6.07, 6.45) is -3.82. The minimum absolute atomic E-state index is 0.475. The average Bonchev–Trinajstić information content (AvgIpc) is 2.08. The van der Waals surface area contributed by atoms with Crippen molar-refractivity contribution in [3.63, 3.8) is 0 Å². The summed E-state index contributed by atoms with van der Waals surface area (Å²) < 4.78 is 24.7. The second-order valence-electron chi connectivity index (χ2n) is 2.78. The van der Waals surface area contributed by atoms with Gasteiger partial charge in [-0.25, -0.2) is 8.78 Å². The molecule has 0 aliphatic heterocycles. The monoisotopic (exact) mass is 219 g/mol. The van der Waals surface area contributed by atoms with Gasteiger partial charge in [0.1, 0.15) is 5.75 Å². The highest BCUT2D eigenvalue weighted by Crippen LogP contribution is 2.25. The number of carbonyl (C=O) groups is 1. The summed E-state index contributed by atoms with van der Waals surface area (Å²) in [5, 5.41) is 17.6. The number of aromatic nitrogens is 1. The highest BCUT2D eigenvalue weighted by Gasteiger charge is 2.19. The van der Waals surface area contributed by atoms with Crippen LogP contribution in [0.1, 0.15) is 17.7 Å². The van der Waals surface area contributed by atoms with Crippen LogP contribution in [0.15, 0.2) is 10.9 Å². The molecular formula is C8H7F2NO4. The Kier molecular flexibility index (Phi) is 3.03. The molecule has 0 aliphatic carbocycles. The van der Waals surface area contributed by atoms with E-state index in [1.807, 2.05) is 0 Å². The Balaban J connectivity index is 3.33. The van der Waals surface area contributed by atoms with Crippen LogP contribution in [0.3, 0.4) is 0 Å². The number of alkyl halides is 2. The van der Waals surface area contributed by atoms with E-state index in [4.69, 9.17) is 10.2 Å². The summed E-state index contributed by atoms with van der Waals surface area (Å²) in [6, 6.07) is 0.657. The summed E-state index contributed by atoms with van der Waals surface area (Å²) >= 11 is 0. The second kappa shape index (κ2) is 4.07. The molecule has 0 atom stereocenters. The largest absolute Gasteiger partial charge is 0.507 e. The third-order valence-electron chi connectivity index (χ3n) is 1.71. The average molecular weight is 219 g/mol. The first-order valence-corrected chi connectivity index (χ1v) is 3.87. The standard InChI is InChI=1S/C8H7F2NO4/c9-8(10)7-3(1-6(14)15)4(12)2-5(13)11-7/h2,8H,1H2,(H,14,15)(H2,11,12,13). The molecule has 0 spiro atoms. The van der Waals surface area contributed by atoms with E-state index in [-0.39, 0.29) is 0 Å². The van der Waals surface area contributed by atoms with Gasteiger partial charge in [-0.3, -0.25) is 9.59 Å². The molecule has 0 aromatic carbocycles. The van der Waals surface area contributed by atoms with Crippen LogP contribution in [0.2, 0.25) is 0 Å². The molecule has 1 aromatic heterocycles. The minimum atomic E-state index is -3.04. The number of aromatic amines is 1. The van der Waals surface area contributed by atoms with E-state index in [1.165, 1.54) is 0 Å². The van der Waals surface area contributed by atoms with Crippen LogP contribution >= 0.6 is 0 Å². The topological polar surface area (TPSA) is 90.4 Å². The van der Waals surface area contributed by atoms with Gasteiger partial charge in [0.2, 0.25) is 0 Å². The number of H-pyrrole nitrogens is 1. The van der Waals surface area contributed by atoms with Gasteiger partial charge in [0.25, 0.3) is 12.0 Å². The van der Waals surface area contributed by atoms with Crippen LogP contribution in [0, 0.1) is 0 Å². The third-order valence-corrected chi connectivity index (χ3v) is 1.71. The number of rotatable bonds is 3. The lowest BCUT2D eigenvalue weighted by Crippen LogP contribution is -2.13. The molecule has 0 bridgehead atoms. The van der Waals surface area contributed by atoms with Crippen LogP contribution in [-0.4, -0.2) is 21.2 Å². The smallest absolute Gasteiger partial charge is 0.308 e. The molecule has 1 heterocycles. The Bertz CT molecular complexity index is 441. The Morgan fingerprint density at radius 3 is 2.60 bits per heavy atom. The molecule has 0 unspecified atom stereocenters. The van der Waals surface area contributed by atoms with E-state index in [0.717, 1.165) is 0 Å². The fraction of sp³-hybridized carbons (Fsp3) is 0.250. The lowest BCUT2D eigenvalue weighted by atomic mass is 10.1. The number of aliphatic carboxylic acids is 1. The Morgan fingerprint density at radius 2 is 2.13 bits per heavy atom. The van der Waals surface area contributed by atoms with Crippen molar-refractivity contribution in [2.24, 2.45) is 0 Å². The summed E-state index contributed by atoms with van der Waals surface area (Å²) in [4.78, 5) is 22.9. The van der Waals surface area contributed by atoms with Crippen LogP contribution in [0.4, 0.5) is 8.78 Å². The fourth-order valence-corrected chi connectivity index (χ4v) is 1.12. The van der Waals surface area contributed by atoms with Gasteiger partial charge in [0, 0.05) is 11.6 Å². The van der Waals surface area contributed by atoms with Crippen LogP contribution in [0.25, 0.3) is 0 Å². The first-order valence-electron chi connectivity index (χ1n) is 3.87. The van der Waals surface area contributed by atoms with Crippen molar-refractivity contribution in [1.82, 2.24) is 4.98 Å². The van der Waals surface area contributed by atoms with Crippen molar-refractivity contribution in [1.29, 1.82) is 0 Å². The summed E-state index contributed by atoms with van der Waals surface area (Å²) in [5.41, 5.74) is -2.24. The first kappa shape index (κ1) is 11.2.